The molecule has 1 fully saturated rings. The van der Waals surface area contributed by atoms with Crippen LogP contribution >= 0.6 is 11.6 Å². The smallest absolute Gasteiger partial charge is 0.337 e. The summed E-state index contributed by atoms with van der Waals surface area (Å²) < 4.78 is 0. The summed E-state index contributed by atoms with van der Waals surface area (Å²) in [7, 11) is 0. The highest BCUT2D eigenvalue weighted by Gasteiger charge is 2.25. The lowest BCUT2D eigenvalue weighted by Crippen LogP contribution is -2.29. The number of nitrogens with one attached hydrogen (secondary N) is 1. The third-order valence-corrected chi connectivity index (χ3v) is 2.57. The maximum atomic E-state index is 11.4. The van der Waals surface area contributed by atoms with Crippen LogP contribution in [0, 0.1) is 0 Å². The quantitative estimate of drug-likeness (QED) is 0.824. The van der Waals surface area contributed by atoms with Gasteiger partial charge in [-0.3, -0.25) is 4.90 Å². The van der Waals surface area contributed by atoms with E-state index in [1.807, 2.05) is 0 Å². The molecular weight excluding hydrogens is 232 g/mol. The zero-order chi connectivity index (χ0) is 11.7. The Morgan fingerprint density at radius 2 is 2.25 bits per heavy atom. The number of rotatable bonds is 2. The number of nitrogens with zero attached hydrogens (tertiary/aromatic N) is 1. The molecule has 2 rings (SSSR count). The van der Waals surface area contributed by atoms with Crippen molar-refractivity contribution < 1.29 is 14.7 Å². The van der Waals surface area contributed by atoms with Crippen molar-refractivity contribution in [3.63, 3.8) is 0 Å². The van der Waals surface area contributed by atoms with Gasteiger partial charge in [0, 0.05) is 18.1 Å². The summed E-state index contributed by atoms with van der Waals surface area (Å²) in [5, 5.41) is 12.0. The van der Waals surface area contributed by atoms with Crippen molar-refractivity contribution in [2.75, 3.05) is 18.0 Å². The fourth-order valence-electron chi connectivity index (χ4n) is 1.61. The summed E-state index contributed by atoms with van der Waals surface area (Å²) in [6, 6.07) is 4.06. The molecule has 0 atom stereocenters. The molecule has 0 spiro atoms. The van der Waals surface area contributed by atoms with Crippen LogP contribution in [0.2, 0.25) is 5.02 Å². The molecule has 16 heavy (non-hydrogen) atoms. The topological polar surface area (TPSA) is 69.6 Å². The van der Waals surface area contributed by atoms with Crippen molar-refractivity contribution in [2.24, 2.45) is 0 Å². The van der Waals surface area contributed by atoms with E-state index in [-0.39, 0.29) is 11.6 Å². The first-order valence-electron chi connectivity index (χ1n) is 4.68. The van der Waals surface area contributed by atoms with E-state index in [1.54, 1.807) is 0 Å². The Morgan fingerprint density at radius 1 is 1.50 bits per heavy atom. The van der Waals surface area contributed by atoms with Gasteiger partial charge in [0.1, 0.15) is 0 Å². The highest BCUT2D eigenvalue weighted by molar-refractivity contribution is 6.31. The molecule has 0 radical (unpaired) electrons. The van der Waals surface area contributed by atoms with Gasteiger partial charge < -0.3 is 10.4 Å². The van der Waals surface area contributed by atoms with Gasteiger partial charge in [-0.25, -0.2) is 9.59 Å². The second-order valence-corrected chi connectivity index (χ2v) is 3.79. The van der Waals surface area contributed by atoms with E-state index in [0.717, 1.165) is 0 Å². The van der Waals surface area contributed by atoms with E-state index in [4.69, 9.17) is 16.7 Å². The largest absolute Gasteiger partial charge is 0.478 e. The van der Waals surface area contributed by atoms with Gasteiger partial charge in [0.25, 0.3) is 0 Å². The highest BCUT2D eigenvalue weighted by atomic mass is 35.5. The van der Waals surface area contributed by atoms with Gasteiger partial charge in [0.05, 0.1) is 11.3 Å². The number of benzene rings is 1. The van der Waals surface area contributed by atoms with Gasteiger partial charge in [-0.15, -0.1) is 0 Å². The Bertz CT molecular complexity index is 461. The first-order valence-corrected chi connectivity index (χ1v) is 5.05. The summed E-state index contributed by atoms with van der Waals surface area (Å²) in [6.45, 7) is 0.948. The summed E-state index contributed by atoms with van der Waals surface area (Å²) in [6.07, 6.45) is 0. The Morgan fingerprint density at radius 3 is 2.81 bits per heavy atom. The molecule has 84 valence electrons. The maximum absolute atomic E-state index is 11.4. The SMILES string of the molecule is O=C(O)c1ccc(Cl)cc1N1CCNC1=O. The molecule has 2 N–H and O–H groups in total. The Kier molecular flexibility index (Phi) is 2.70. The fraction of sp³-hybridized carbons (Fsp3) is 0.200. The van der Waals surface area contributed by atoms with Gasteiger partial charge in [0.2, 0.25) is 0 Å². The standard InChI is InChI=1S/C10H9ClN2O3/c11-6-1-2-7(9(14)15)8(5-6)13-4-3-12-10(13)16/h1-2,5H,3-4H2,(H,12,16)(H,14,15). The van der Waals surface area contributed by atoms with Crippen LogP contribution in [0.4, 0.5) is 10.5 Å². The van der Waals surface area contributed by atoms with E-state index in [1.165, 1.54) is 23.1 Å². The van der Waals surface area contributed by atoms with Crippen LogP contribution in [0.15, 0.2) is 18.2 Å². The number of carbonyl (C=O) groups is 2. The number of amides is 2. The summed E-state index contributed by atoms with van der Waals surface area (Å²) in [5.41, 5.74) is 0.399. The van der Waals surface area contributed by atoms with E-state index in [0.29, 0.717) is 23.8 Å². The number of carbonyl (C=O) groups excluding carboxylic acids is 1. The molecule has 0 unspecified atom stereocenters. The molecule has 1 saturated heterocycles. The van der Waals surface area contributed by atoms with Gasteiger partial charge in [-0.2, -0.15) is 0 Å². The molecule has 1 aromatic rings. The third-order valence-electron chi connectivity index (χ3n) is 2.34. The Labute approximate surface area is 96.6 Å². The van der Waals surface area contributed by atoms with Crippen LogP contribution in [-0.2, 0) is 0 Å². The molecule has 1 aromatic carbocycles. The normalized spacial score (nSPS) is 15.1. The van der Waals surface area contributed by atoms with Gasteiger partial charge in [0.15, 0.2) is 0 Å². The molecular formula is C10H9ClN2O3. The average Bonchev–Trinajstić information content (AvgIpc) is 2.63. The minimum Gasteiger partial charge on any atom is -0.478 e. The third kappa shape index (κ3) is 1.81. The molecule has 0 aliphatic carbocycles. The lowest BCUT2D eigenvalue weighted by molar-refractivity contribution is 0.0698. The number of urea groups is 1. The van der Waals surface area contributed by atoms with Crippen molar-refractivity contribution in [1.29, 1.82) is 0 Å². The number of hydrogen-bond donors (Lipinski definition) is 2. The molecule has 0 bridgehead atoms. The fourth-order valence-corrected chi connectivity index (χ4v) is 1.78. The molecule has 1 aliphatic heterocycles. The number of anilines is 1. The number of hydrogen-bond acceptors (Lipinski definition) is 2. The predicted molar refractivity (Wildman–Crippen MR) is 59.2 cm³/mol. The van der Waals surface area contributed by atoms with E-state index >= 15 is 0 Å². The zero-order valence-electron chi connectivity index (χ0n) is 8.24. The van der Waals surface area contributed by atoms with E-state index in [9.17, 15) is 9.59 Å². The van der Waals surface area contributed by atoms with Crippen molar-refractivity contribution >= 4 is 29.3 Å². The first-order chi connectivity index (χ1) is 7.59. The molecule has 2 amide bonds. The predicted octanol–water partition coefficient (Wildman–Crippen LogP) is 1.57. The monoisotopic (exact) mass is 240 g/mol. The van der Waals surface area contributed by atoms with Crippen molar-refractivity contribution in [3.05, 3.63) is 28.8 Å². The number of halogens is 1. The maximum Gasteiger partial charge on any atom is 0.337 e. The lowest BCUT2D eigenvalue weighted by Gasteiger charge is -2.16. The molecule has 5 nitrogen and oxygen atoms in total. The number of carboxylic acid groups (broad SMARTS) is 1. The van der Waals surface area contributed by atoms with Gasteiger partial charge in [-0.05, 0) is 18.2 Å². The van der Waals surface area contributed by atoms with Crippen molar-refractivity contribution in [2.45, 2.75) is 0 Å². The second kappa shape index (κ2) is 4.02. The number of aromatic carboxylic acids is 1. The zero-order valence-corrected chi connectivity index (χ0v) is 8.99. The van der Waals surface area contributed by atoms with Crippen LogP contribution in [-0.4, -0.2) is 30.2 Å². The first kappa shape index (κ1) is 10.8. The molecule has 6 heteroatoms. The summed E-state index contributed by atoms with van der Waals surface area (Å²) >= 11 is 5.80. The minimum absolute atomic E-state index is 0.0708. The van der Waals surface area contributed by atoms with Crippen LogP contribution in [0.3, 0.4) is 0 Å². The lowest BCUT2D eigenvalue weighted by atomic mass is 10.1. The van der Waals surface area contributed by atoms with Crippen molar-refractivity contribution in [3.8, 4) is 0 Å². The Hall–Kier alpha value is -1.75. The molecule has 1 aliphatic rings. The highest BCUT2D eigenvalue weighted by Crippen LogP contribution is 2.26. The van der Waals surface area contributed by atoms with Gasteiger partial charge in [-0.1, -0.05) is 11.6 Å². The van der Waals surface area contributed by atoms with Crippen molar-refractivity contribution in [1.82, 2.24) is 5.32 Å². The minimum atomic E-state index is -1.08. The number of carboxylic acids is 1. The van der Waals surface area contributed by atoms with Crippen LogP contribution in [0.25, 0.3) is 0 Å². The molecule has 0 saturated carbocycles. The van der Waals surface area contributed by atoms with Crippen LogP contribution < -0.4 is 10.2 Å². The summed E-state index contributed by atoms with van der Waals surface area (Å²) in [4.78, 5) is 23.8. The van der Waals surface area contributed by atoms with Gasteiger partial charge >= 0.3 is 12.0 Å². The molecule has 0 aromatic heterocycles. The Balaban J connectivity index is 2.48. The van der Waals surface area contributed by atoms with E-state index in [2.05, 4.69) is 5.32 Å². The second-order valence-electron chi connectivity index (χ2n) is 3.35. The summed E-state index contributed by atoms with van der Waals surface area (Å²) in [5.74, 6) is -1.08. The van der Waals surface area contributed by atoms with Crippen LogP contribution in [0.1, 0.15) is 10.4 Å². The molecule has 1 heterocycles. The van der Waals surface area contributed by atoms with Crippen LogP contribution in [0.5, 0.6) is 0 Å². The average molecular weight is 241 g/mol. The van der Waals surface area contributed by atoms with E-state index < -0.39 is 5.97 Å².